The van der Waals surface area contributed by atoms with E-state index in [9.17, 15) is 13.0 Å². The number of hydrogen-bond acceptors (Lipinski definition) is 5. The Morgan fingerprint density at radius 3 is 2.09 bits per heavy atom. The second kappa shape index (κ2) is 10.0. The lowest BCUT2D eigenvalue weighted by Gasteiger charge is -2.04. The smallest absolute Gasteiger partial charge is 0.171 e. The second-order valence-corrected chi connectivity index (χ2v) is 5.60. The highest BCUT2D eigenvalue weighted by Crippen LogP contribution is 2.04. The van der Waals surface area contributed by atoms with Gasteiger partial charge in [-0.1, -0.05) is 24.3 Å². The van der Waals surface area contributed by atoms with Gasteiger partial charge in [-0.3, -0.25) is 0 Å². The molecule has 0 aliphatic carbocycles. The first-order valence-corrected chi connectivity index (χ1v) is 8.08. The molecule has 0 saturated heterocycles. The van der Waals surface area contributed by atoms with Crippen molar-refractivity contribution in [3.05, 3.63) is 60.9 Å². The summed E-state index contributed by atoms with van der Waals surface area (Å²) in [7, 11) is -4.25. The van der Waals surface area contributed by atoms with Crippen molar-refractivity contribution in [3.63, 3.8) is 0 Å². The van der Waals surface area contributed by atoms with E-state index in [4.69, 9.17) is 9.84 Å². The van der Waals surface area contributed by atoms with E-state index in [0.29, 0.717) is 13.2 Å². The third-order valence-electron chi connectivity index (χ3n) is 2.54. The molecule has 0 radical (unpaired) electrons. The van der Waals surface area contributed by atoms with E-state index in [2.05, 4.69) is 0 Å². The molecule has 1 heterocycles. The standard InChI is InChI=1S/C9H14NO2.C6H6O3S/c11-7-9-12-8-6-10-4-2-1-3-5-10;7-10(8,9)6-4-2-1-3-5-6/h1-5,11H,6-9H2;1-5H,(H,7,8,9)/q+1;/p-1. The Kier molecular flexibility index (Phi) is 8.31. The molecule has 1 N–H and O–H groups in total. The zero-order valence-electron chi connectivity index (χ0n) is 12.0. The average Bonchev–Trinajstić information content (AvgIpc) is 2.53. The molecular weight excluding hydrogens is 306 g/mol. The van der Waals surface area contributed by atoms with Crippen LogP contribution in [0.4, 0.5) is 0 Å². The summed E-state index contributed by atoms with van der Waals surface area (Å²) >= 11 is 0. The first-order valence-electron chi connectivity index (χ1n) is 6.67. The Morgan fingerprint density at radius 1 is 1.00 bits per heavy atom. The molecule has 0 unspecified atom stereocenters. The van der Waals surface area contributed by atoms with Crippen LogP contribution in [0.25, 0.3) is 0 Å². The molecule has 120 valence electrons. The van der Waals surface area contributed by atoms with Crippen LogP contribution in [0.2, 0.25) is 0 Å². The lowest BCUT2D eigenvalue weighted by atomic mass is 10.4. The van der Waals surface area contributed by atoms with E-state index in [1.807, 2.05) is 35.2 Å². The van der Waals surface area contributed by atoms with Gasteiger partial charge in [0.1, 0.15) is 16.7 Å². The van der Waals surface area contributed by atoms with Gasteiger partial charge in [0.2, 0.25) is 0 Å². The van der Waals surface area contributed by atoms with Gasteiger partial charge in [0.15, 0.2) is 18.9 Å². The molecule has 22 heavy (non-hydrogen) atoms. The predicted octanol–water partition coefficient (Wildman–Crippen LogP) is 0.574. The number of pyridine rings is 1. The number of aliphatic hydroxyl groups excluding tert-OH is 1. The molecular formula is C15H19NO5S. The largest absolute Gasteiger partial charge is 0.744 e. The normalized spacial score (nSPS) is 10.6. The summed E-state index contributed by atoms with van der Waals surface area (Å²) in [6.45, 7) is 2.00. The molecule has 0 amide bonds. The van der Waals surface area contributed by atoms with Crippen molar-refractivity contribution in [2.45, 2.75) is 11.4 Å². The van der Waals surface area contributed by atoms with Gasteiger partial charge in [-0.05, 0) is 12.1 Å². The highest BCUT2D eigenvalue weighted by atomic mass is 32.2. The first-order chi connectivity index (χ1) is 10.5. The van der Waals surface area contributed by atoms with Crippen molar-refractivity contribution < 1.29 is 27.4 Å². The van der Waals surface area contributed by atoms with Gasteiger partial charge in [-0.15, -0.1) is 0 Å². The minimum atomic E-state index is -4.25. The third-order valence-corrected chi connectivity index (χ3v) is 3.39. The molecule has 0 aliphatic rings. The van der Waals surface area contributed by atoms with Gasteiger partial charge in [0.25, 0.3) is 0 Å². The molecule has 0 bridgehead atoms. The molecule has 0 atom stereocenters. The topological polar surface area (TPSA) is 90.5 Å². The zero-order chi connectivity index (χ0) is 16.3. The number of ether oxygens (including phenoxy) is 1. The first kappa shape index (κ1) is 18.2. The van der Waals surface area contributed by atoms with E-state index in [-0.39, 0.29) is 11.5 Å². The molecule has 0 spiro atoms. The van der Waals surface area contributed by atoms with Crippen LogP contribution in [0, 0.1) is 0 Å². The number of aliphatic hydroxyl groups is 1. The molecule has 7 heteroatoms. The number of hydrogen-bond donors (Lipinski definition) is 1. The number of nitrogens with zero attached hydrogens (tertiary/aromatic N) is 1. The van der Waals surface area contributed by atoms with Crippen molar-refractivity contribution >= 4 is 10.1 Å². The minimum Gasteiger partial charge on any atom is -0.744 e. The molecule has 1 aromatic heterocycles. The van der Waals surface area contributed by atoms with Gasteiger partial charge >= 0.3 is 0 Å². The summed E-state index contributed by atoms with van der Waals surface area (Å²) in [5.41, 5.74) is 0. The Morgan fingerprint density at radius 2 is 1.59 bits per heavy atom. The summed E-state index contributed by atoms with van der Waals surface area (Å²) in [6, 6.07) is 13.1. The highest BCUT2D eigenvalue weighted by molar-refractivity contribution is 7.85. The van der Waals surface area contributed by atoms with Crippen molar-refractivity contribution in [1.29, 1.82) is 0 Å². The van der Waals surface area contributed by atoms with Crippen LogP contribution in [0.3, 0.4) is 0 Å². The van der Waals surface area contributed by atoms with Crippen LogP contribution >= 0.6 is 0 Å². The van der Waals surface area contributed by atoms with Gasteiger partial charge in [-0.2, -0.15) is 0 Å². The fourth-order valence-electron chi connectivity index (χ4n) is 1.51. The summed E-state index contributed by atoms with van der Waals surface area (Å²) < 4.78 is 38.0. The lowest BCUT2D eigenvalue weighted by Crippen LogP contribution is -2.34. The predicted molar refractivity (Wildman–Crippen MR) is 78.9 cm³/mol. The van der Waals surface area contributed by atoms with Crippen molar-refractivity contribution in [1.82, 2.24) is 0 Å². The quantitative estimate of drug-likeness (QED) is 0.476. The van der Waals surface area contributed by atoms with E-state index >= 15 is 0 Å². The van der Waals surface area contributed by atoms with Crippen LogP contribution in [-0.2, 0) is 21.4 Å². The van der Waals surface area contributed by atoms with Crippen molar-refractivity contribution in [2.24, 2.45) is 0 Å². The molecule has 2 aromatic rings. The Bertz CT molecular complexity index is 617. The molecule has 6 nitrogen and oxygen atoms in total. The SMILES string of the molecule is O=S(=O)([O-])c1ccccc1.OCCOCC[n+]1ccccc1. The zero-order valence-corrected chi connectivity index (χ0v) is 12.9. The number of rotatable bonds is 6. The maximum Gasteiger partial charge on any atom is 0.171 e. The van der Waals surface area contributed by atoms with E-state index < -0.39 is 10.1 Å². The van der Waals surface area contributed by atoms with E-state index in [1.54, 1.807) is 6.07 Å². The van der Waals surface area contributed by atoms with Crippen LogP contribution in [0.15, 0.2) is 65.8 Å². The van der Waals surface area contributed by atoms with Gasteiger partial charge in [0.05, 0.1) is 18.1 Å². The Hall–Kier alpha value is -1.80. The van der Waals surface area contributed by atoms with Crippen LogP contribution < -0.4 is 4.57 Å². The monoisotopic (exact) mass is 325 g/mol. The van der Waals surface area contributed by atoms with Crippen molar-refractivity contribution in [2.75, 3.05) is 19.8 Å². The molecule has 0 aliphatic heterocycles. The van der Waals surface area contributed by atoms with Crippen LogP contribution in [0.5, 0.6) is 0 Å². The third kappa shape index (κ3) is 7.84. The van der Waals surface area contributed by atoms with Gasteiger partial charge in [-0.25, -0.2) is 13.0 Å². The summed E-state index contributed by atoms with van der Waals surface area (Å²) in [5, 5.41) is 8.43. The molecule has 0 saturated carbocycles. The Balaban J connectivity index is 0.000000224. The summed E-state index contributed by atoms with van der Waals surface area (Å²) in [4.78, 5) is -0.185. The van der Waals surface area contributed by atoms with Crippen LogP contribution in [-0.4, -0.2) is 37.9 Å². The number of aromatic nitrogens is 1. The van der Waals surface area contributed by atoms with Gasteiger partial charge in [0, 0.05) is 12.1 Å². The van der Waals surface area contributed by atoms with Crippen LogP contribution in [0.1, 0.15) is 0 Å². The summed E-state index contributed by atoms with van der Waals surface area (Å²) in [6.07, 6.45) is 3.98. The second-order valence-electron chi connectivity index (χ2n) is 4.22. The minimum absolute atomic E-state index is 0.0967. The number of benzene rings is 1. The average molecular weight is 325 g/mol. The fourth-order valence-corrected chi connectivity index (χ4v) is 2.00. The fraction of sp³-hybridized carbons (Fsp3) is 0.267. The van der Waals surface area contributed by atoms with E-state index in [1.165, 1.54) is 24.3 Å². The molecule has 0 fully saturated rings. The molecule has 2 rings (SSSR count). The van der Waals surface area contributed by atoms with Crippen molar-refractivity contribution in [3.8, 4) is 0 Å². The maximum absolute atomic E-state index is 10.3. The lowest BCUT2D eigenvalue weighted by molar-refractivity contribution is -0.698. The maximum atomic E-state index is 10.3. The Labute approximate surface area is 130 Å². The van der Waals surface area contributed by atoms with E-state index in [0.717, 1.165) is 6.54 Å². The highest BCUT2D eigenvalue weighted by Gasteiger charge is 1.96. The van der Waals surface area contributed by atoms with Gasteiger partial charge < -0.3 is 14.4 Å². The molecule has 1 aromatic carbocycles. The summed E-state index contributed by atoms with van der Waals surface area (Å²) in [5.74, 6) is 0.